The number of nitrogens with zero attached hydrogens (tertiary/aromatic N) is 4. The van der Waals surface area contributed by atoms with Gasteiger partial charge in [0.15, 0.2) is 5.82 Å². The van der Waals surface area contributed by atoms with Crippen molar-refractivity contribution in [3.63, 3.8) is 0 Å². The molecule has 0 bridgehead atoms. The predicted molar refractivity (Wildman–Crippen MR) is 93.6 cm³/mol. The molecule has 124 valence electrons. The molecule has 1 N–H and O–H groups in total. The van der Waals surface area contributed by atoms with E-state index in [1.807, 2.05) is 31.2 Å². The van der Waals surface area contributed by atoms with Gasteiger partial charge in [0.05, 0.1) is 6.54 Å². The molecule has 0 spiro atoms. The van der Waals surface area contributed by atoms with Crippen LogP contribution in [-0.4, -0.2) is 25.5 Å². The molecule has 1 aromatic carbocycles. The third kappa shape index (κ3) is 3.60. The van der Waals surface area contributed by atoms with Crippen LogP contribution < -0.4 is 5.32 Å². The quantitative estimate of drug-likeness (QED) is 0.751. The zero-order valence-electron chi connectivity index (χ0n) is 12.9. The zero-order chi connectivity index (χ0) is 17.1. The lowest BCUT2D eigenvalue weighted by atomic mass is 10.2. The Kier molecular flexibility index (Phi) is 4.87. The van der Waals surface area contributed by atoms with Gasteiger partial charge in [-0.15, -0.1) is 0 Å². The van der Waals surface area contributed by atoms with Gasteiger partial charge in [-0.2, -0.15) is 10.2 Å². The van der Waals surface area contributed by atoms with Gasteiger partial charge in [0.1, 0.15) is 10.7 Å². The normalized spacial score (nSPS) is 10.8. The maximum Gasteiger partial charge on any atom is 0.275 e. The first-order valence-corrected chi connectivity index (χ1v) is 8.13. The molecule has 2 aromatic heterocycles. The molecule has 0 atom stereocenters. The molecule has 6 nitrogen and oxygen atoms in total. The highest BCUT2D eigenvalue weighted by molar-refractivity contribution is 6.33. The third-order valence-electron chi connectivity index (χ3n) is 3.46. The van der Waals surface area contributed by atoms with Crippen LogP contribution in [0.5, 0.6) is 0 Å². The van der Waals surface area contributed by atoms with Crippen molar-refractivity contribution < 1.29 is 4.79 Å². The van der Waals surface area contributed by atoms with Gasteiger partial charge < -0.3 is 5.32 Å². The summed E-state index contributed by atoms with van der Waals surface area (Å²) in [5.74, 6) is 0.0208. The summed E-state index contributed by atoms with van der Waals surface area (Å²) in [5, 5.41) is 12.2. The minimum Gasteiger partial charge on any atom is -0.302 e. The number of hydrogen-bond acceptors (Lipinski definition) is 3. The lowest BCUT2D eigenvalue weighted by Gasteiger charge is -2.05. The molecule has 2 heterocycles. The van der Waals surface area contributed by atoms with E-state index in [-0.39, 0.29) is 5.91 Å². The van der Waals surface area contributed by atoms with E-state index in [9.17, 15) is 4.79 Å². The Morgan fingerprint density at radius 2 is 1.96 bits per heavy atom. The molecule has 0 radical (unpaired) electrons. The number of nitrogens with one attached hydrogen (secondary N) is 1. The van der Waals surface area contributed by atoms with Crippen LogP contribution >= 0.6 is 23.2 Å². The highest BCUT2D eigenvalue weighted by atomic mass is 35.5. The van der Waals surface area contributed by atoms with Crippen LogP contribution in [0.15, 0.2) is 42.7 Å². The molecule has 0 saturated heterocycles. The number of carbonyl (C=O) groups is 1. The summed E-state index contributed by atoms with van der Waals surface area (Å²) in [6.07, 6.45) is 3.25. The standard InChI is InChI=1S/C16H15Cl2N5O/c1-2-23-14(7-8-19-23)16(24)20-15-13(18)10-22(21-15)9-11-3-5-12(17)6-4-11/h3-8,10H,2,9H2,1H3,(H,20,21,24). The molecule has 0 saturated carbocycles. The second kappa shape index (κ2) is 7.07. The van der Waals surface area contributed by atoms with Crippen molar-refractivity contribution in [2.24, 2.45) is 0 Å². The van der Waals surface area contributed by atoms with Crippen molar-refractivity contribution in [3.8, 4) is 0 Å². The van der Waals surface area contributed by atoms with Crippen molar-refractivity contribution in [2.75, 3.05) is 5.32 Å². The monoisotopic (exact) mass is 363 g/mol. The molecule has 0 fully saturated rings. The van der Waals surface area contributed by atoms with E-state index in [4.69, 9.17) is 23.2 Å². The van der Waals surface area contributed by atoms with Gasteiger partial charge in [0, 0.05) is 24.0 Å². The van der Waals surface area contributed by atoms with E-state index in [2.05, 4.69) is 15.5 Å². The summed E-state index contributed by atoms with van der Waals surface area (Å²) in [6.45, 7) is 3.05. The maximum absolute atomic E-state index is 12.3. The minimum atomic E-state index is -0.298. The van der Waals surface area contributed by atoms with Gasteiger partial charge in [0.2, 0.25) is 0 Å². The lowest BCUT2D eigenvalue weighted by Crippen LogP contribution is -2.18. The fraction of sp³-hybridized carbons (Fsp3) is 0.188. The number of hydrogen-bond donors (Lipinski definition) is 1. The van der Waals surface area contributed by atoms with Gasteiger partial charge in [0.25, 0.3) is 5.91 Å². The van der Waals surface area contributed by atoms with E-state index >= 15 is 0 Å². The minimum absolute atomic E-state index is 0.298. The average Bonchev–Trinajstić information content (AvgIpc) is 3.16. The van der Waals surface area contributed by atoms with Crippen molar-refractivity contribution in [2.45, 2.75) is 20.0 Å². The van der Waals surface area contributed by atoms with Gasteiger partial charge in [-0.3, -0.25) is 14.2 Å². The Morgan fingerprint density at radius 3 is 2.67 bits per heavy atom. The fourth-order valence-electron chi connectivity index (χ4n) is 2.29. The average molecular weight is 364 g/mol. The van der Waals surface area contributed by atoms with E-state index in [1.54, 1.807) is 27.8 Å². The molecule has 0 aliphatic rings. The highest BCUT2D eigenvalue weighted by Gasteiger charge is 2.15. The molecule has 0 aliphatic carbocycles. The molecule has 1 amide bonds. The second-order valence-electron chi connectivity index (χ2n) is 5.14. The number of benzene rings is 1. The number of rotatable bonds is 5. The van der Waals surface area contributed by atoms with Crippen LogP contribution in [0.3, 0.4) is 0 Å². The van der Waals surface area contributed by atoms with E-state index < -0.39 is 0 Å². The molecule has 8 heteroatoms. The first kappa shape index (κ1) is 16.5. The smallest absolute Gasteiger partial charge is 0.275 e. The van der Waals surface area contributed by atoms with Crippen LogP contribution in [0, 0.1) is 0 Å². The Balaban J connectivity index is 1.74. The third-order valence-corrected chi connectivity index (χ3v) is 3.98. The Bertz CT molecular complexity index is 854. The summed E-state index contributed by atoms with van der Waals surface area (Å²) in [6, 6.07) is 9.11. The predicted octanol–water partition coefficient (Wildman–Crippen LogP) is 3.71. The van der Waals surface area contributed by atoms with Gasteiger partial charge in [-0.05, 0) is 30.7 Å². The van der Waals surface area contributed by atoms with Crippen LogP contribution in [0.2, 0.25) is 10.0 Å². The van der Waals surface area contributed by atoms with Crippen LogP contribution in [-0.2, 0) is 13.1 Å². The summed E-state index contributed by atoms with van der Waals surface area (Å²) in [4.78, 5) is 12.3. The van der Waals surface area contributed by atoms with Crippen molar-refractivity contribution in [1.82, 2.24) is 19.6 Å². The number of anilines is 1. The van der Waals surface area contributed by atoms with Gasteiger partial charge in [-0.25, -0.2) is 0 Å². The summed E-state index contributed by atoms with van der Waals surface area (Å²) in [5.41, 5.74) is 1.49. The van der Waals surface area contributed by atoms with Crippen molar-refractivity contribution in [3.05, 3.63) is 64.0 Å². The Morgan fingerprint density at radius 1 is 1.21 bits per heavy atom. The Hall–Kier alpha value is -2.31. The number of halogens is 2. The van der Waals surface area contributed by atoms with Gasteiger partial charge in [-0.1, -0.05) is 35.3 Å². The Labute approximate surface area is 149 Å². The van der Waals surface area contributed by atoms with E-state index in [0.29, 0.717) is 34.6 Å². The van der Waals surface area contributed by atoms with Crippen LogP contribution in [0.25, 0.3) is 0 Å². The highest BCUT2D eigenvalue weighted by Crippen LogP contribution is 2.21. The molecule has 3 rings (SSSR count). The number of carbonyl (C=O) groups excluding carboxylic acids is 1. The first-order chi connectivity index (χ1) is 11.6. The van der Waals surface area contributed by atoms with Crippen LogP contribution in [0.4, 0.5) is 5.82 Å². The van der Waals surface area contributed by atoms with Crippen LogP contribution in [0.1, 0.15) is 23.0 Å². The molecule has 24 heavy (non-hydrogen) atoms. The van der Waals surface area contributed by atoms with E-state index in [1.165, 1.54) is 0 Å². The molecular weight excluding hydrogens is 349 g/mol. The largest absolute Gasteiger partial charge is 0.302 e. The first-order valence-electron chi connectivity index (χ1n) is 7.37. The number of aryl methyl sites for hydroxylation is 1. The van der Waals surface area contributed by atoms with Gasteiger partial charge >= 0.3 is 0 Å². The summed E-state index contributed by atoms with van der Waals surface area (Å²) < 4.78 is 3.27. The number of amides is 1. The van der Waals surface area contributed by atoms with Crippen molar-refractivity contribution >= 4 is 34.9 Å². The molecule has 0 aliphatic heterocycles. The second-order valence-corrected chi connectivity index (χ2v) is 5.98. The summed E-state index contributed by atoms with van der Waals surface area (Å²) in [7, 11) is 0. The maximum atomic E-state index is 12.3. The molecular formula is C16H15Cl2N5O. The zero-order valence-corrected chi connectivity index (χ0v) is 14.4. The molecule has 3 aromatic rings. The summed E-state index contributed by atoms with van der Waals surface area (Å²) >= 11 is 12.1. The molecule has 0 unspecified atom stereocenters. The van der Waals surface area contributed by atoms with Crippen molar-refractivity contribution in [1.29, 1.82) is 0 Å². The number of aromatic nitrogens is 4. The van der Waals surface area contributed by atoms with E-state index in [0.717, 1.165) is 5.56 Å². The fourth-order valence-corrected chi connectivity index (χ4v) is 2.61. The SMILES string of the molecule is CCn1nccc1C(=O)Nc1nn(Cc2ccc(Cl)cc2)cc1Cl. The lowest BCUT2D eigenvalue weighted by molar-refractivity contribution is 0.101. The topological polar surface area (TPSA) is 64.7 Å².